The number of rotatable bonds is 26. The van der Waals surface area contributed by atoms with Crippen LogP contribution in [-0.4, -0.2) is 95.5 Å². The summed E-state index contributed by atoms with van der Waals surface area (Å²) in [5.41, 5.74) is 3.07. The molecule has 11 nitrogen and oxygen atoms in total. The van der Waals surface area contributed by atoms with Gasteiger partial charge in [-0.1, -0.05) is 65.7 Å². The molecule has 0 aliphatic carbocycles. The van der Waals surface area contributed by atoms with E-state index in [0.717, 1.165) is 16.7 Å². The minimum atomic E-state index is -3.73. The van der Waals surface area contributed by atoms with Gasteiger partial charge in [0.1, 0.15) is 0 Å². The lowest BCUT2D eigenvalue weighted by atomic mass is 10.2. The van der Waals surface area contributed by atoms with Crippen LogP contribution in [0.4, 0.5) is 0 Å². The third kappa shape index (κ3) is 13.6. The second kappa shape index (κ2) is 21.6. The van der Waals surface area contributed by atoms with Gasteiger partial charge in [0.05, 0.1) is 9.79 Å². The normalized spacial score (nSPS) is 12.0. The van der Waals surface area contributed by atoms with Crippen LogP contribution in [-0.2, 0) is 36.2 Å². The van der Waals surface area contributed by atoms with Crippen LogP contribution >= 0.6 is 0 Å². The number of carbonyl (C=O) groups excluding carboxylic acids is 2. The Morgan fingerprint density at radius 1 is 0.520 bits per heavy atom. The quantitative estimate of drug-likeness (QED) is 0.0929. The second-order valence-electron chi connectivity index (χ2n) is 12.5. The molecule has 0 fully saturated rings. The highest BCUT2D eigenvalue weighted by atomic mass is 32.2. The van der Waals surface area contributed by atoms with Crippen LogP contribution in [0.15, 0.2) is 88.7 Å². The predicted molar refractivity (Wildman–Crippen MR) is 197 cm³/mol. The number of unbranched alkanes of at least 4 members (excludes halogenated alkanes) is 2. The molecule has 2 amide bonds. The van der Waals surface area contributed by atoms with Crippen LogP contribution in [0.1, 0.15) is 55.2 Å². The highest BCUT2D eigenvalue weighted by Gasteiger charge is 2.26. The predicted octanol–water partition coefficient (Wildman–Crippen LogP) is 4.32. The van der Waals surface area contributed by atoms with Crippen molar-refractivity contribution >= 4 is 32.9 Å². The summed E-state index contributed by atoms with van der Waals surface area (Å²) in [5, 5.41) is 5.27. The molecule has 274 valence electrons. The van der Waals surface area contributed by atoms with Gasteiger partial charge in [-0.25, -0.2) is 16.8 Å². The SMILES string of the molecule is Cc1ccc(S(=O)(=O)N(CCCCNC=O)CCCN(CCCN(CCCCNC=O)S(=O)(=O)c2ccc(C)cc2)Cc2ccccc2)cc1. The van der Waals surface area contributed by atoms with Gasteiger partial charge in [0.2, 0.25) is 32.9 Å². The second-order valence-corrected chi connectivity index (χ2v) is 16.3. The lowest BCUT2D eigenvalue weighted by Crippen LogP contribution is -2.37. The van der Waals surface area contributed by atoms with Gasteiger partial charge in [-0.2, -0.15) is 8.61 Å². The number of nitrogens with one attached hydrogen (secondary N) is 2. The average Bonchev–Trinajstić information content (AvgIpc) is 3.10. The van der Waals surface area contributed by atoms with Gasteiger partial charge in [0.15, 0.2) is 0 Å². The van der Waals surface area contributed by atoms with Gasteiger partial charge in [0, 0.05) is 45.8 Å². The Bertz CT molecular complexity index is 1530. The van der Waals surface area contributed by atoms with E-state index in [2.05, 4.69) is 27.7 Å². The molecule has 0 heterocycles. The average molecular weight is 728 g/mol. The molecular weight excluding hydrogens is 675 g/mol. The molecule has 0 aliphatic heterocycles. The maximum absolute atomic E-state index is 13.7. The number of nitrogens with zero attached hydrogens (tertiary/aromatic N) is 3. The molecule has 13 heteroatoms. The van der Waals surface area contributed by atoms with Crippen molar-refractivity contribution in [3.63, 3.8) is 0 Å². The Labute approximate surface area is 299 Å². The fraction of sp³-hybridized carbons (Fsp3) is 0.459. The number of sulfonamides is 2. The summed E-state index contributed by atoms with van der Waals surface area (Å²) in [4.78, 5) is 24.1. The molecule has 0 radical (unpaired) electrons. The van der Waals surface area contributed by atoms with Gasteiger partial charge in [0.25, 0.3) is 0 Å². The van der Waals surface area contributed by atoms with Crippen molar-refractivity contribution in [2.24, 2.45) is 0 Å². The Morgan fingerprint density at radius 2 is 0.920 bits per heavy atom. The number of carbonyl (C=O) groups is 2. The zero-order chi connectivity index (χ0) is 36.2. The van der Waals surface area contributed by atoms with E-state index >= 15 is 0 Å². The van der Waals surface area contributed by atoms with Crippen molar-refractivity contribution in [3.8, 4) is 0 Å². The summed E-state index contributed by atoms with van der Waals surface area (Å²) in [5.74, 6) is 0. The molecule has 3 rings (SSSR count). The van der Waals surface area contributed by atoms with Gasteiger partial charge in [-0.05, 0) is 95.3 Å². The molecular formula is C37H53N5O6S2. The van der Waals surface area contributed by atoms with Gasteiger partial charge in [-0.15, -0.1) is 0 Å². The lowest BCUT2D eigenvalue weighted by Gasteiger charge is -2.27. The molecule has 2 N–H and O–H groups in total. The zero-order valence-corrected chi connectivity index (χ0v) is 31.0. The summed E-state index contributed by atoms with van der Waals surface area (Å²) in [6.07, 6.45) is 4.99. The molecule has 0 bridgehead atoms. The summed E-state index contributed by atoms with van der Waals surface area (Å²) >= 11 is 0. The minimum Gasteiger partial charge on any atom is -0.359 e. The molecule has 3 aromatic carbocycles. The molecule has 3 aromatic rings. The summed E-state index contributed by atoms with van der Waals surface area (Å²) in [6.45, 7) is 8.00. The molecule has 0 atom stereocenters. The number of benzene rings is 3. The molecule has 0 unspecified atom stereocenters. The third-order valence-corrected chi connectivity index (χ3v) is 12.3. The van der Waals surface area contributed by atoms with Crippen molar-refractivity contribution in [1.82, 2.24) is 24.1 Å². The monoisotopic (exact) mass is 727 g/mol. The maximum atomic E-state index is 13.7. The number of aryl methyl sites for hydroxylation is 2. The molecule has 0 aliphatic rings. The van der Waals surface area contributed by atoms with Crippen molar-refractivity contribution in [1.29, 1.82) is 0 Å². The molecule has 0 spiro atoms. The fourth-order valence-corrected chi connectivity index (χ4v) is 8.66. The van der Waals surface area contributed by atoms with E-state index in [4.69, 9.17) is 0 Å². The number of amides is 2. The smallest absolute Gasteiger partial charge is 0.243 e. The van der Waals surface area contributed by atoms with E-state index in [1.54, 1.807) is 48.5 Å². The highest BCUT2D eigenvalue weighted by molar-refractivity contribution is 7.89. The Hall–Kier alpha value is -3.62. The van der Waals surface area contributed by atoms with E-state index in [-0.39, 0.29) is 9.79 Å². The van der Waals surface area contributed by atoms with Crippen molar-refractivity contribution in [2.75, 3.05) is 52.4 Å². The topological polar surface area (TPSA) is 136 Å². The number of hydrogen-bond acceptors (Lipinski definition) is 7. The van der Waals surface area contributed by atoms with Crippen molar-refractivity contribution < 1.29 is 26.4 Å². The fourth-order valence-electron chi connectivity index (χ4n) is 5.62. The summed E-state index contributed by atoms with van der Waals surface area (Å²) < 4.78 is 57.9. The van der Waals surface area contributed by atoms with E-state index in [0.29, 0.717) is 110 Å². The first kappa shape index (κ1) is 40.8. The molecule has 50 heavy (non-hydrogen) atoms. The first-order chi connectivity index (χ1) is 24.1. The Kier molecular flexibility index (Phi) is 17.6. The maximum Gasteiger partial charge on any atom is 0.243 e. The minimum absolute atomic E-state index is 0.257. The Morgan fingerprint density at radius 3 is 1.32 bits per heavy atom. The van der Waals surface area contributed by atoms with Crippen LogP contribution in [0.25, 0.3) is 0 Å². The summed E-state index contributed by atoms with van der Waals surface area (Å²) in [6, 6.07) is 23.8. The van der Waals surface area contributed by atoms with E-state index in [9.17, 15) is 26.4 Å². The van der Waals surface area contributed by atoms with Gasteiger partial charge >= 0.3 is 0 Å². The van der Waals surface area contributed by atoms with E-state index in [1.807, 2.05) is 32.0 Å². The first-order valence-electron chi connectivity index (χ1n) is 17.3. The third-order valence-electron chi connectivity index (χ3n) is 8.45. The van der Waals surface area contributed by atoms with Crippen LogP contribution in [0, 0.1) is 13.8 Å². The largest absolute Gasteiger partial charge is 0.359 e. The molecule has 0 saturated heterocycles. The number of hydrogen-bond donors (Lipinski definition) is 2. The van der Waals surface area contributed by atoms with Crippen LogP contribution in [0.2, 0.25) is 0 Å². The van der Waals surface area contributed by atoms with Gasteiger partial charge < -0.3 is 10.6 Å². The van der Waals surface area contributed by atoms with E-state index < -0.39 is 20.0 Å². The first-order valence-corrected chi connectivity index (χ1v) is 20.2. The summed E-state index contributed by atoms with van der Waals surface area (Å²) in [7, 11) is -7.46. The molecule has 0 saturated carbocycles. The van der Waals surface area contributed by atoms with E-state index in [1.165, 1.54) is 8.61 Å². The Balaban J connectivity index is 1.72. The highest BCUT2D eigenvalue weighted by Crippen LogP contribution is 2.20. The van der Waals surface area contributed by atoms with Crippen LogP contribution < -0.4 is 10.6 Å². The van der Waals surface area contributed by atoms with Crippen molar-refractivity contribution in [3.05, 3.63) is 95.6 Å². The van der Waals surface area contributed by atoms with Gasteiger partial charge in [-0.3, -0.25) is 14.5 Å². The van der Waals surface area contributed by atoms with Crippen molar-refractivity contribution in [2.45, 2.75) is 68.7 Å². The zero-order valence-electron chi connectivity index (χ0n) is 29.4. The van der Waals surface area contributed by atoms with Crippen LogP contribution in [0.5, 0.6) is 0 Å². The van der Waals surface area contributed by atoms with Crippen LogP contribution in [0.3, 0.4) is 0 Å². The molecule has 0 aromatic heterocycles. The lowest BCUT2D eigenvalue weighted by molar-refractivity contribution is -0.110. The standard InChI is InChI=1S/C37H53N5O6S2/c1-33-14-18-36(19-15-33)49(45,46)41(26-8-6-22-38-31-43)28-10-24-40(30-35-12-4-3-5-13-35)25-11-29-42(27-9-7-23-39-32-44)50(47,48)37-20-16-34(2)17-21-37/h3-5,12-21,31-32H,6-11,22-30H2,1-2H3,(H,38,43)(H,39,44).